The summed E-state index contributed by atoms with van der Waals surface area (Å²) < 4.78 is 6.93. The molecule has 1 spiro atoms. The predicted octanol–water partition coefficient (Wildman–Crippen LogP) is 5.87. The summed E-state index contributed by atoms with van der Waals surface area (Å²) in [5.74, 6) is 4.15. The first-order chi connectivity index (χ1) is 15.4. The van der Waals surface area contributed by atoms with Crippen LogP contribution in [0, 0.1) is 35.0 Å². The summed E-state index contributed by atoms with van der Waals surface area (Å²) in [6.07, 6.45) is 14.5. The Bertz CT molecular complexity index is 820. The van der Waals surface area contributed by atoms with Gasteiger partial charge in [-0.1, -0.05) is 30.1 Å². The van der Waals surface area contributed by atoms with Crippen molar-refractivity contribution in [1.82, 2.24) is 5.32 Å². The highest BCUT2D eigenvalue weighted by molar-refractivity contribution is 5.85. The molecule has 4 heteroatoms. The highest BCUT2D eigenvalue weighted by Crippen LogP contribution is 2.64. The quantitative estimate of drug-likeness (QED) is 0.410. The molecule has 178 valence electrons. The monoisotopic (exact) mass is 440 g/mol. The Balaban J connectivity index is 1.23. The van der Waals surface area contributed by atoms with Crippen LogP contribution in [0.15, 0.2) is 16.3 Å². The van der Waals surface area contributed by atoms with E-state index in [9.17, 15) is 0 Å². The molecule has 6 rings (SSSR count). The number of piperidine rings is 1. The Hall–Kier alpha value is -0.870. The van der Waals surface area contributed by atoms with E-state index in [0.29, 0.717) is 17.6 Å². The third-order valence-corrected chi connectivity index (χ3v) is 11.1. The molecule has 0 aromatic rings. The van der Waals surface area contributed by atoms with Crippen molar-refractivity contribution >= 4 is 5.71 Å². The Morgan fingerprint density at radius 2 is 2.03 bits per heavy atom. The van der Waals surface area contributed by atoms with Crippen molar-refractivity contribution in [3.8, 4) is 0 Å². The number of ether oxygens (including phenoxy) is 1. The van der Waals surface area contributed by atoms with Gasteiger partial charge >= 0.3 is 0 Å². The lowest BCUT2D eigenvalue weighted by atomic mass is 9.52. The van der Waals surface area contributed by atoms with Crippen molar-refractivity contribution in [2.45, 2.75) is 109 Å². The van der Waals surface area contributed by atoms with Gasteiger partial charge in [0.15, 0.2) is 0 Å². The fraction of sp³-hybridized carbons (Fsp3) is 0.893. The summed E-state index contributed by atoms with van der Waals surface area (Å²) in [6.45, 7) is 8.65. The average Bonchev–Trinajstić information content (AvgIpc) is 3.27. The van der Waals surface area contributed by atoms with Crippen LogP contribution in [0.25, 0.3) is 0 Å². The van der Waals surface area contributed by atoms with Gasteiger partial charge in [0, 0.05) is 6.04 Å². The molecule has 0 aromatic heterocycles. The molecule has 4 nitrogen and oxygen atoms in total. The second-order valence-electron chi connectivity index (χ2n) is 12.8. The Morgan fingerprint density at radius 1 is 1.16 bits per heavy atom. The number of hydrogen-bond donors (Lipinski definition) is 1. The summed E-state index contributed by atoms with van der Waals surface area (Å²) in [6, 6.07) is 0.592. The molecule has 0 unspecified atom stereocenters. The number of allylic oxidation sites excluding steroid dienone is 1. The number of rotatable bonds is 1. The average molecular weight is 441 g/mol. The third kappa shape index (κ3) is 3.34. The molecular formula is C28H44N2O2. The van der Waals surface area contributed by atoms with E-state index >= 15 is 0 Å². The molecule has 0 bridgehead atoms. The van der Waals surface area contributed by atoms with E-state index in [1.807, 2.05) is 5.57 Å². The van der Waals surface area contributed by atoms with Gasteiger partial charge in [-0.15, -0.1) is 0 Å². The molecule has 5 fully saturated rings. The minimum atomic E-state index is 0.112. The van der Waals surface area contributed by atoms with Gasteiger partial charge in [-0.25, -0.2) is 0 Å². The fourth-order valence-corrected chi connectivity index (χ4v) is 9.46. The van der Waals surface area contributed by atoms with Crippen molar-refractivity contribution < 1.29 is 9.57 Å². The molecule has 2 heterocycles. The number of oxime groups is 1. The molecule has 4 aliphatic carbocycles. The first kappa shape index (κ1) is 21.6. The van der Waals surface area contributed by atoms with E-state index in [0.717, 1.165) is 36.0 Å². The number of hydrogen-bond acceptors (Lipinski definition) is 4. The summed E-state index contributed by atoms with van der Waals surface area (Å²) >= 11 is 0. The van der Waals surface area contributed by atoms with Crippen molar-refractivity contribution in [1.29, 1.82) is 0 Å². The summed E-state index contributed by atoms with van der Waals surface area (Å²) in [7, 11) is 1.70. The van der Waals surface area contributed by atoms with Crippen molar-refractivity contribution in [2.75, 3.05) is 13.7 Å². The summed E-state index contributed by atoms with van der Waals surface area (Å²) in [5.41, 5.74) is 5.47. The SMILES string of the molecule is CO/N=C1\CC[C@@]2(C)[C@H](CC[C@H]3[C@@H]4CC[C@]5(CC(C)=C4C[C@@H]32)C[C@@H]2NC[C@@H](C)C[C@H]2O5)C1. The van der Waals surface area contributed by atoms with Gasteiger partial charge < -0.3 is 14.9 Å². The second kappa shape index (κ2) is 7.83. The van der Waals surface area contributed by atoms with Crippen LogP contribution in [0.5, 0.6) is 0 Å². The second-order valence-corrected chi connectivity index (χ2v) is 12.8. The molecular weight excluding hydrogens is 396 g/mol. The Kier molecular flexibility index (Phi) is 5.30. The van der Waals surface area contributed by atoms with Crippen LogP contribution in [0.4, 0.5) is 0 Å². The molecule has 2 saturated heterocycles. The van der Waals surface area contributed by atoms with Crippen LogP contribution in [-0.4, -0.2) is 37.1 Å². The number of nitrogens with one attached hydrogen (secondary N) is 1. The number of nitrogens with zero attached hydrogens (tertiary/aromatic N) is 1. The molecule has 1 N–H and O–H groups in total. The minimum absolute atomic E-state index is 0.112. The standard InChI is InChI=1S/C28H44N2O2/c1-17-11-26-25(29-16-17)15-28(32-26)10-8-21-22-6-5-19-12-20(30-31-4)7-9-27(19,3)24(22)13-23(21)18(2)14-28/h17,19,21-22,24-26,29H,5-16H2,1-4H3/b30-20+/t17-,19+,21-,22-,24-,25-,26+,27-,28-/m0/s1. The van der Waals surface area contributed by atoms with E-state index in [4.69, 9.17) is 9.57 Å². The third-order valence-electron chi connectivity index (χ3n) is 11.1. The zero-order valence-corrected chi connectivity index (χ0v) is 20.8. The van der Waals surface area contributed by atoms with E-state index in [-0.39, 0.29) is 5.60 Å². The Morgan fingerprint density at radius 3 is 2.88 bits per heavy atom. The first-order valence-electron chi connectivity index (χ1n) is 13.6. The summed E-state index contributed by atoms with van der Waals surface area (Å²) in [5, 5.41) is 8.17. The van der Waals surface area contributed by atoms with Crippen LogP contribution >= 0.6 is 0 Å². The Labute approximate surface area is 194 Å². The predicted molar refractivity (Wildman–Crippen MR) is 129 cm³/mol. The summed E-state index contributed by atoms with van der Waals surface area (Å²) in [4.78, 5) is 5.14. The highest BCUT2D eigenvalue weighted by Gasteiger charge is 2.57. The van der Waals surface area contributed by atoms with Crippen LogP contribution in [-0.2, 0) is 9.57 Å². The van der Waals surface area contributed by atoms with Gasteiger partial charge in [-0.05, 0) is 119 Å². The molecule has 6 aliphatic rings. The van der Waals surface area contributed by atoms with Crippen molar-refractivity contribution in [3.05, 3.63) is 11.1 Å². The molecule has 3 saturated carbocycles. The van der Waals surface area contributed by atoms with Gasteiger partial charge in [0.1, 0.15) is 7.11 Å². The largest absolute Gasteiger partial charge is 0.399 e. The highest BCUT2D eigenvalue weighted by atomic mass is 16.6. The van der Waals surface area contributed by atoms with Crippen molar-refractivity contribution in [3.63, 3.8) is 0 Å². The van der Waals surface area contributed by atoms with Gasteiger partial charge in [0.25, 0.3) is 0 Å². The van der Waals surface area contributed by atoms with E-state index in [1.165, 1.54) is 76.5 Å². The van der Waals surface area contributed by atoms with Crippen LogP contribution < -0.4 is 5.32 Å². The topological polar surface area (TPSA) is 42.8 Å². The molecule has 9 atom stereocenters. The lowest BCUT2D eigenvalue weighted by molar-refractivity contribution is -0.0629. The molecule has 0 radical (unpaired) electrons. The van der Waals surface area contributed by atoms with Crippen LogP contribution in [0.2, 0.25) is 0 Å². The molecule has 2 aliphatic heterocycles. The normalized spacial score (nSPS) is 51.8. The lowest BCUT2D eigenvalue weighted by Crippen LogP contribution is -2.46. The molecule has 0 amide bonds. The maximum absolute atomic E-state index is 6.93. The van der Waals surface area contributed by atoms with Gasteiger partial charge in [0.05, 0.1) is 17.4 Å². The zero-order chi connectivity index (χ0) is 22.1. The minimum Gasteiger partial charge on any atom is -0.399 e. The van der Waals surface area contributed by atoms with E-state index in [2.05, 4.69) is 31.2 Å². The van der Waals surface area contributed by atoms with Crippen molar-refractivity contribution in [2.24, 2.45) is 40.2 Å². The number of fused-ring (bicyclic) bond motifs is 6. The van der Waals surface area contributed by atoms with Gasteiger partial charge in [0.2, 0.25) is 0 Å². The van der Waals surface area contributed by atoms with Gasteiger partial charge in [-0.2, -0.15) is 0 Å². The maximum Gasteiger partial charge on any atom is 0.106 e. The van der Waals surface area contributed by atoms with Crippen LogP contribution in [0.3, 0.4) is 0 Å². The molecule has 32 heavy (non-hydrogen) atoms. The van der Waals surface area contributed by atoms with Crippen LogP contribution in [0.1, 0.15) is 91.4 Å². The molecule has 0 aromatic carbocycles. The van der Waals surface area contributed by atoms with Gasteiger partial charge in [-0.3, -0.25) is 0 Å². The first-order valence-corrected chi connectivity index (χ1v) is 13.6. The van der Waals surface area contributed by atoms with E-state index < -0.39 is 0 Å². The smallest absolute Gasteiger partial charge is 0.106 e. The lowest BCUT2D eigenvalue weighted by Gasteiger charge is -2.52. The maximum atomic E-state index is 6.93. The zero-order valence-electron chi connectivity index (χ0n) is 20.8. The fourth-order valence-electron chi connectivity index (χ4n) is 9.46. The van der Waals surface area contributed by atoms with E-state index in [1.54, 1.807) is 12.7 Å².